The third kappa shape index (κ3) is 5.76. The van der Waals surface area contributed by atoms with E-state index in [-0.39, 0.29) is 29.4 Å². The van der Waals surface area contributed by atoms with Crippen LogP contribution < -0.4 is 10.6 Å². The number of nitrogens with one attached hydrogen (secondary N) is 2. The van der Waals surface area contributed by atoms with Crippen molar-refractivity contribution in [3.63, 3.8) is 0 Å². The van der Waals surface area contributed by atoms with E-state index in [4.69, 9.17) is 0 Å². The number of aliphatic imine (C=N–C) groups is 1. The van der Waals surface area contributed by atoms with Gasteiger partial charge < -0.3 is 10.6 Å². The molecule has 8 heteroatoms. The van der Waals surface area contributed by atoms with Crippen LogP contribution in [-0.4, -0.2) is 27.8 Å². The van der Waals surface area contributed by atoms with E-state index in [9.17, 15) is 0 Å². The summed E-state index contributed by atoms with van der Waals surface area (Å²) in [6.07, 6.45) is 1.79. The number of hydrogen-bond acceptors (Lipinski definition) is 4. The molecule has 0 bridgehead atoms. The first-order valence-corrected chi connectivity index (χ1v) is 8.14. The fourth-order valence-corrected chi connectivity index (χ4v) is 2.83. The maximum atomic E-state index is 4.67. The Bertz CT molecular complexity index is 640. The second kappa shape index (κ2) is 8.62. The molecule has 2 heterocycles. The van der Waals surface area contributed by atoms with Crippen molar-refractivity contribution in [2.45, 2.75) is 39.3 Å². The predicted octanol–water partition coefficient (Wildman–Crippen LogP) is 2.66. The second-order valence-corrected chi connectivity index (χ2v) is 7.04. The standard InChI is InChI=1S/C15H24N6S.HI/c1-15(2,3)12-10-22-13(20-12)9-18-14(16-4)17-8-11-6-7-19-21(11)5;/h6-7,10H,8-9H2,1-5H3,(H2,16,17,18);1H. The second-order valence-electron chi connectivity index (χ2n) is 6.10. The molecule has 0 atom stereocenters. The van der Waals surface area contributed by atoms with Gasteiger partial charge in [0, 0.05) is 31.1 Å². The Balaban J connectivity index is 0.00000264. The Kier molecular flexibility index (Phi) is 7.46. The lowest BCUT2D eigenvalue weighted by molar-refractivity contribution is 0.570. The Morgan fingerprint density at radius 2 is 2.00 bits per heavy atom. The summed E-state index contributed by atoms with van der Waals surface area (Å²) < 4.78 is 1.84. The maximum absolute atomic E-state index is 4.67. The van der Waals surface area contributed by atoms with Crippen molar-refractivity contribution < 1.29 is 0 Å². The van der Waals surface area contributed by atoms with Gasteiger partial charge in [-0.25, -0.2) is 4.98 Å². The lowest BCUT2D eigenvalue weighted by Crippen LogP contribution is -2.36. The lowest BCUT2D eigenvalue weighted by Gasteiger charge is -2.14. The van der Waals surface area contributed by atoms with E-state index in [2.05, 4.69) is 51.9 Å². The normalized spacial score (nSPS) is 12.0. The third-order valence-electron chi connectivity index (χ3n) is 3.31. The molecule has 2 rings (SSSR count). The zero-order valence-electron chi connectivity index (χ0n) is 14.3. The molecule has 2 N–H and O–H groups in total. The zero-order chi connectivity index (χ0) is 16.2. The van der Waals surface area contributed by atoms with E-state index in [1.165, 1.54) is 0 Å². The number of nitrogens with zero attached hydrogens (tertiary/aromatic N) is 4. The van der Waals surface area contributed by atoms with Gasteiger partial charge in [-0.3, -0.25) is 9.67 Å². The van der Waals surface area contributed by atoms with Crippen LogP contribution in [0.1, 0.15) is 37.2 Å². The molecule has 0 spiro atoms. The Labute approximate surface area is 158 Å². The molecule has 128 valence electrons. The first-order valence-electron chi connectivity index (χ1n) is 7.26. The molecule has 0 amide bonds. The molecule has 0 saturated heterocycles. The zero-order valence-corrected chi connectivity index (χ0v) is 17.4. The molecule has 2 aromatic rings. The Hall–Kier alpha value is -1.16. The number of guanidine groups is 1. The SMILES string of the molecule is CN=C(NCc1nc(C(C)(C)C)cs1)NCc1ccnn1C.I. The highest BCUT2D eigenvalue weighted by atomic mass is 127. The van der Waals surface area contributed by atoms with Crippen molar-refractivity contribution >= 4 is 41.3 Å². The van der Waals surface area contributed by atoms with Crippen molar-refractivity contribution in [3.05, 3.63) is 34.0 Å². The van der Waals surface area contributed by atoms with Crippen LogP contribution in [0, 0.1) is 0 Å². The molecule has 6 nitrogen and oxygen atoms in total. The predicted molar refractivity (Wildman–Crippen MR) is 106 cm³/mol. The van der Waals surface area contributed by atoms with E-state index in [1.54, 1.807) is 24.6 Å². The molecule has 0 aliphatic heterocycles. The van der Waals surface area contributed by atoms with Gasteiger partial charge in [0.1, 0.15) is 5.01 Å². The van der Waals surface area contributed by atoms with Crippen molar-refractivity contribution in [3.8, 4) is 0 Å². The molecule has 23 heavy (non-hydrogen) atoms. The topological polar surface area (TPSA) is 67.1 Å². The minimum Gasteiger partial charge on any atom is -0.351 e. The summed E-state index contributed by atoms with van der Waals surface area (Å²) in [5, 5.41) is 13.9. The summed E-state index contributed by atoms with van der Waals surface area (Å²) in [6, 6.07) is 1.98. The van der Waals surface area contributed by atoms with Crippen LogP contribution in [0.3, 0.4) is 0 Å². The monoisotopic (exact) mass is 448 g/mol. The van der Waals surface area contributed by atoms with Crippen LogP contribution in [0.15, 0.2) is 22.6 Å². The molecule has 0 fully saturated rings. The van der Waals surface area contributed by atoms with Gasteiger partial charge in [-0.2, -0.15) is 5.10 Å². The van der Waals surface area contributed by atoms with Gasteiger partial charge in [-0.15, -0.1) is 35.3 Å². The average Bonchev–Trinajstić information content (AvgIpc) is 3.08. The third-order valence-corrected chi connectivity index (χ3v) is 4.16. The first-order chi connectivity index (χ1) is 10.4. The summed E-state index contributed by atoms with van der Waals surface area (Å²) in [5.74, 6) is 0.758. The van der Waals surface area contributed by atoms with Gasteiger partial charge in [0.2, 0.25) is 0 Å². The van der Waals surface area contributed by atoms with E-state index in [0.717, 1.165) is 22.4 Å². The number of thiazole rings is 1. The molecule has 0 radical (unpaired) electrons. The number of aryl methyl sites for hydroxylation is 1. The van der Waals surface area contributed by atoms with E-state index >= 15 is 0 Å². The maximum Gasteiger partial charge on any atom is 0.191 e. The average molecular weight is 448 g/mol. The number of halogens is 1. The fourth-order valence-electron chi connectivity index (χ4n) is 1.87. The fraction of sp³-hybridized carbons (Fsp3) is 0.533. The van der Waals surface area contributed by atoms with Crippen LogP contribution in [0.25, 0.3) is 0 Å². The quantitative estimate of drug-likeness (QED) is 0.429. The smallest absolute Gasteiger partial charge is 0.191 e. The molecule has 2 aromatic heterocycles. The molecule has 0 saturated carbocycles. The van der Waals surface area contributed by atoms with Crippen LogP contribution in [0.2, 0.25) is 0 Å². The van der Waals surface area contributed by atoms with Crippen molar-refractivity contribution in [1.82, 2.24) is 25.4 Å². The summed E-state index contributed by atoms with van der Waals surface area (Å²) in [7, 11) is 3.69. The molecule has 0 aliphatic carbocycles. The summed E-state index contributed by atoms with van der Waals surface area (Å²) >= 11 is 1.68. The van der Waals surface area contributed by atoms with Gasteiger partial charge in [0.25, 0.3) is 0 Å². The molecule has 0 aromatic carbocycles. The van der Waals surface area contributed by atoms with Crippen molar-refractivity contribution in [1.29, 1.82) is 0 Å². The van der Waals surface area contributed by atoms with E-state index in [1.807, 2.05) is 17.8 Å². The van der Waals surface area contributed by atoms with E-state index in [0.29, 0.717) is 13.1 Å². The van der Waals surface area contributed by atoms with Crippen LogP contribution in [-0.2, 0) is 25.6 Å². The molecule has 0 aliphatic rings. The first kappa shape index (κ1) is 19.9. The number of aromatic nitrogens is 3. The van der Waals surface area contributed by atoms with Gasteiger partial charge in [0.05, 0.1) is 24.5 Å². The lowest BCUT2D eigenvalue weighted by atomic mass is 9.93. The van der Waals surface area contributed by atoms with Gasteiger partial charge >= 0.3 is 0 Å². The van der Waals surface area contributed by atoms with Crippen LogP contribution in [0.5, 0.6) is 0 Å². The minimum absolute atomic E-state index is 0. The largest absolute Gasteiger partial charge is 0.351 e. The number of hydrogen-bond donors (Lipinski definition) is 2. The summed E-state index contributed by atoms with van der Waals surface area (Å²) in [5.41, 5.74) is 2.33. The van der Waals surface area contributed by atoms with Gasteiger partial charge in [-0.1, -0.05) is 20.8 Å². The Morgan fingerprint density at radius 3 is 2.52 bits per heavy atom. The highest BCUT2D eigenvalue weighted by molar-refractivity contribution is 14.0. The minimum atomic E-state index is 0. The van der Waals surface area contributed by atoms with Crippen molar-refractivity contribution in [2.75, 3.05) is 7.05 Å². The highest BCUT2D eigenvalue weighted by Crippen LogP contribution is 2.23. The summed E-state index contributed by atoms with van der Waals surface area (Å²) in [6.45, 7) is 7.88. The van der Waals surface area contributed by atoms with E-state index < -0.39 is 0 Å². The van der Waals surface area contributed by atoms with Gasteiger partial charge in [0.15, 0.2) is 5.96 Å². The highest BCUT2D eigenvalue weighted by Gasteiger charge is 2.17. The molecular formula is C15H25IN6S. The number of rotatable bonds is 4. The van der Waals surface area contributed by atoms with Crippen molar-refractivity contribution in [2.24, 2.45) is 12.0 Å². The van der Waals surface area contributed by atoms with Gasteiger partial charge in [-0.05, 0) is 6.07 Å². The Morgan fingerprint density at radius 1 is 1.30 bits per heavy atom. The molecular weight excluding hydrogens is 423 g/mol. The molecule has 0 unspecified atom stereocenters. The van der Waals surface area contributed by atoms with Crippen LogP contribution >= 0.6 is 35.3 Å². The van der Waals surface area contributed by atoms with Crippen LogP contribution in [0.4, 0.5) is 0 Å². The summed E-state index contributed by atoms with van der Waals surface area (Å²) in [4.78, 5) is 8.90.